The predicted molar refractivity (Wildman–Crippen MR) is 98.0 cm³/mol. The highest BCUT2D eigenvalue weighted by molar-refractivity contribution is 7.09. The van der Waals surface area contributed by atoms with E-state index in [0.717, 1.165) is 4.88 Å². The Labute approximate surface area is 154 Å². The highest BCUT2D eigenvalue weighted by atomic mass is 35.5. The van der Waals surface area contributed by atoms with Gasteiger partial charge in [0.1, 0.15) is 11.0 Å². The minimum atomic E-state index is -0.340. The molecule has 2 aromatic heterocycles. The Bertz CT molecular complexity index is 875. The smallest absolute Gasteiger partial charge is 0.259 e. The van der Waals surface area contributed by atoms with Crippen LogP contribution in [0.3, 0.4) is 0 Å². The van der Waals surface area contributed by atoms with E-state index < -0.39 is 0 Å². The number of halogens is 2. The van der Waals surface area contributed by atoms with Crippen LogP contribution in [0.2, 0.25) is 5.15 Å². The zero-order valence-electron chi connectivity index (χ0n) is 13.9. The molecule has 0 N–H and O–H groups in total. The van der Waals surface area contributed by atoms with Gasteiger partial charge in [-0.2, -0.15) is 5.10 Å². The number of aromatic nitrogens is 2. The maximum atomic E-state index is 13.1. The third kappa shape index (κ3) is 3.60. The van der Waals surface area contributed by atoms with Crippen LogP contribution in [-0.4, -0.2) is 27.1 Å². The topological polar surface area (TPSA) is 38.1 Å². The fourth-order valence-electron chi connectivity index (χ4n) is 2.57. The molecule has 0 bridgehead atoms. The van der Waals surface area contributed by atoms with Crippen molar-refractivity contribution in [1.82, 2.24) is 14.7 Å². The predicted octanol–water partition coefficient (Wildman–Crippen LogP) is 4.70. The van der Waals surface area contributed by atoms with Gasteiger partial charge >= 0.3 is 0 Å². The first-order valence-electron chi connectivity index (χ1n) is 7.84. The van der Waals surface area contributed by atoms with Crippen LogP contribution in [0.1, 0.15) is 27.9 Å². The van der Waals surface area contributed by atoms with Crippen molar-refractivity contribution >= 4 is 28.8 Å². The van der Waals surface area contributed by atoms with Crippen LogP contribution in [0, 0.1) is 12.7 Å². The lowest BCUT2D eigenvalue weighted by molar-refractivity contribution is 0.0753. The van der Waals surface area contributed by atoms with E-state index in [0.29, 0.717) is 30.0 Å². The van der Waals surface area contributed by atoms with Crippen molar-refractivity contribution in [3.8, 4) is 5.69 Å². The molecule has 0 saturated heterocycles. The van der Waals surface area contributed by atoms with Crippen molar-refractivity contribution in [3.05, 3.63) is 68.9 Å². The summed E-state index contributed by atoms with van der Waals surface area (Å²) in [6, 6.07) is 9.77. The first-order chi connectivity index (χ1) is 12.0. The first kappa shape index (κ1) is 17.6. The van der Waals surface area contributed by atoms with Crippen LogP contribution < -0.4 is 0 Å². The Kier molecular flexibility index (Phi) is 5.20. The summed E-state index contributed by atoms with van der Waals surface area (Å²) in [5.74, 6) is -0.500. The molecule has 0 saturated carbocycles. The molecule has 1 aromatic carbocycles. The van der Waals surface area contributed by atoms with Gasteiger partial charge in [-0.05, 0) is 49.6 Å². The molecular weight excluding hydrogens is 361 g/mol. The van der Waals surface area contributed by atoms with Crippen molar-refractivity contribution in [1.29, 1.82) is 0 Å². The SMILES string of the molecule is CCN(Cc1cccs1)C(=O)c1c(C)nn(-c2ccc(F)cc2)c1Cl. The van der Waals surface area contributed by atoms with Crippen molar-refractivity contribution in [3.63, 3.8) is 0 Å². The lowest BCUT2D eigenvalue weighted by Gasteiger charge is -2.20. The number of thiophene rings is 1. The highest BCUT2D eigenvalue weighted by Crippen LogP contribution is 2.26. The van der Waals surface area contributed by atoms with Gasteiger partial charge < -0.3 is 4.90 Å². The summed E-state index contributed by atoms with van der Waals surface area (Å²) in [5.41, 5.74) is 1.53. The maximum absolute atomic E-state index is 13.1. The summed E-state index contributed by atoms with van der Waals surface area (Å²) in [7, 11) is 0. The van der Waals surface area contributed by atoms with Crippen molar-refractivity contribution in [2.24, 2.45) is 0 Å². The Hall–Kier alpha value is -2.18. The molecule has 0 atom stereocenters. The van der Waals surface area contributed by atoms with Gasteiger partial charge in [-0.15, -0.1) is 11.3 Å². The highest BCUT2D eigenvalue weighted by Gasteiger charge is 2.25. The van der Waals surface area contributed by atoms with Crippen LogP contribution in [0.4, 0.5) is 4.39 Å². The van der Waals surface area contributed by atoms with Gasteiger partial charge in [0.15, 0.2) is 0 Å². The van der Waals surface area contributed by atoms with Crippen LogP contribution in [0.5, 0.6) is 0 Å². The fraction of sp³-hybridized carbons (Fsp3) is 0.222. The average Bonchev–Trinajstić information content (AvgIpc) is 3.21. The van der Waals surface area contributed by atoms with Crippen LogP contribution in [0.25, 0.3) is 5.69 Å². The normalized spacial score (nSPS) is 10.9. The van der Waals surface area contributed by atoms with E-state index in [1.165, 1.54) is 16.8 Å². The second-order valence-electron chi connectivity index (χ2n) is 5.54. The van der Waals surface area contributed by atoms with Gasteiger partial charge in [0.2, 0.25) is 0 Å². The standard InChI is InChI=1S/C18H17ClFN3OS/c1-3-22(11-15-5-4-10-25-15)18(24)16-12(2)21-23(17(16)19)14-8-6-13(20)7-9-14/h4-10H,3,11H2,1-2H3. The Balaban J connectivity index is 1.93. The van der Waals surface area contributed by atoms with E-state index in [-0.39, 0.29) is 16.9 Å². The molecule has 1 amide bonds. The number of benzene rings is 1. The number of hydrogen-bond donors (Lipinski definition) is 0. The minimum absolute atomic E-state index is 0.160. The van der Waals surface area contributed by atoms with E-state index in [1.807, 2.05) is 24.4 Å². The van der Waals surface area contributed by atoms with Gasteiger partial charge in [0, 0.05) is 11.4 Å². The largest absolute Gasteiger partial charge is 0.334 e. The molecular formula is C18H17ClFN3OS. The number of amides is 1. The Morgan fingerprint density at radius 1 is 1.32 bits per heavy atom. The van der Waals surface area contributed by atoms with Crippen LogP contribution in [0.15, 0.2) is 41.8 Å². The number of hydrogen-bond acceptors (Lipinski definition) is 3. The second kappa shape index (κ2) is 7.37. The molecule has 25 heavy (non-hydrogen) atoms. The number of nitrogens with zero attached hydrogens (tertiary/aromatic N) is 3. The summed E-state index contributed by atoms with van der Waals surface area (Å²) < 4.78 is 14.6. The minimum Gasteiger partial charge on any atom is -0.334 e. The fourth-order valence-corrected chi connectivity index (χ4v) is 3.64. The molecule has 0 aliphatic heterocycles. The van der Waals surface area contributed by atoms with E-state index >= 15 is 0 Å². The summed E-state index contributed by atoms with van der Waals surface area (Å²) >= 11 is 8.05. The molecule has 7 heteroatoms. The first-order valence-corrected chi connectivity index (χ1v) is 9.09. The van der Waals surface area contributed by atoms with Gasteiger partial charge in [-0.1, -0.05) is 17.7 Å². The maximum Gasteiger partial charge on any atom is 0.259 e. The molecule has 0 unspecified atom stereocenters. The summed E-state index contributed by atoms with van der Waals surface area (Å²) in [6.07, 6.45) is 0. The number of rotatable bonds is 5. The second-order valence-corrected chi connectivity index (χ2v) is 6.93. The summed E-state index contributed by atoms with van der Waals surface area (Å²) in [6.45, 7) is 4.77. The molecule has 2 heterocycles. The third-order valence-corrected chi connectivity index (χ3v) is 5.10. The van der Waals surface area contributed by atoms with Gasteiger partial charge in [-0.3, -0.25) is 4.79 Å². The molecule has 0 aliphatic carbocycles. The molecule has 3 aromatic rings. The quantitative estimate of drug-likeness (QED) is 0.646. The molecule has 0 spiro atoms. The zero-order chi connectivity index (χ0) is 18.0. The molecule has 4 nitrogen and oxygen atoms in total. The average molecular weight is 378 g/mol. The Morgan fingerprint density at radius 2 is 2.04 bits per heavy atom. The third-order valence-electron chi connectivity index (χ3n) is 3.88. The lowest BCUT2D eigenvalue weighted by Crippen LogP contribution is -2.30. The lowest BCUT2D eigenvalue weighted by atomic mass is 10.2. The zero-order valence-corrected chi connectivity index (χ0v) is 15.4. The van der Waals surface area contributed by atoms with E-state index in [1.54, 1.807) is 35.3 Å². The van der Waals surface area contributed by atoms with E-state index in [9.17, 15) is 9.18 Å². The molecule has 3 rings (SSSR count). The van der Waals surface area contributed by atoms with E-state index in [4.69, 9.17) is 11.6 Å². The van der Waals surface area contributed by atoms with Crippen molar-refractivity contribution < 1.29 is 9.18 Å². The monoisotopic (exact) mass is 377 g/mol. The summed E-state index contributed by atoms with van der Waals surface area (Å²) in [5, 5.41) is 6.58. The summed E-state index contributed by atoms with van der Waals surface area (Å²) in [4.78, 5) is 15.8. The van der Waals surface area contributed by atoms with Gasteiger partial charge in [0.25, 0.3) is 5.91 Å². The van der Waals surface area contributed by atoms with E-state index in [2.05, 4.69) is 5.10 Å². The molecule has 130 valence electrons. The molecule has 0 aliphatic rings. The molecule has 0 fully saturated rings. The van der Waals surface area contributed by atoms with Crippen LogP contribution >= 0.6 is 22.9 Å². The van der Waals surface area contributed by atoms with Gasteiger partial charge in [-0.25, -0.2) is 9.07 Å². The Morgan fingerprint density at radius 3 is 2.64 bits per heavy atom. The number of aryl methyl sites for hydroxylation is 1. The van der Waals surface area contributed by atoms with Gasteiger partial charge in [0.05, 0.1) is 23.5 Å². The number of carbonyl (C=O) groups excluding carboxylic acids is 1. The number of carbonyl (C=O) groups is 1. The van der Waals surface area contributed by atoms with Crippen LogP contribution in [-0.2, 0) is 6.54 Å². The van der Waals surface area contributed by atoms with Crippen molar-refractivity contribution in [2.45, 2.75) is 20.4 Å². The van der Waals surface area contributed by atoms with Crippen molar-refractivity contribution in [2.75, 3.05) is 6.54 Å². The molecule has 0 radical (unpaired) electrons.